The van der Waals surface area contributed by atoms with Crippen molar-refractivity contribution in [1.29, 1.82) is 10.5 Å². The maximum atomic E-state index is 13.8. The lowest BCUT2D eigenvalue weighted by molar-refractivity contribution is -0.138. The van der Waals surface area contributed by atoms with Gasteiger partial charge >= 0.3 is 35.6 Å². The van der Waals surface area contributed by atoms with Crippen molar-refractivity contribution in [3.63, 3.8) is 0 Å². The third-order valence-electron chi connectivity index (χ3n) is 8.68. The second-order valence-electron chi connectivity index (χ2n) is 13.1. The minimum atomic E-state index is -5.59. The predicted molar refractivity (Wildman–Crippen MR) is 215 cm³/mol. The first-order chi connectivity index (χ1) is 31.3. The van der Waals surface area contributed by atoms with E-state index in [2.05, 4.69) is 10.2 Å². The van der Waals surface area contributed by atoms with E-state index in [9.17, 15) is 81.2 Å². The van der Waals surface area contributed by atoms with Crippen LogP contribution in [0.5, 0.6) is 0 Å². The summed E-state index contributed by atoms with van der Waals surface area (Å²) >= 11 is 24.2. The molecule has 2 unspecified atom stereocenters. The topological polar surface area (TPSA) is 176 Å². The Morgan fingerprint density at radius 3 is 1.12 bits per heavy atom. The molecule has 2 amide bonds. The molecule has 0 saturated heterocycles. The molecule has 362 valence electrons. The molecule has 0 N–H and O–H groups in total. The summed E-state index contributed by atoms with van der Waals surface area (Å²) in [5.74, 6) is -2.22. The number of hydrogen-bond donors (Lipinski definition) is 0. The van der Waals surface area contributed by atoms with E-state index in [-0.39, 0.29) is 20.9 Å². The van der Waals surface area contributed by atoms with Crippen LogP contribution in [-0.2, 0) is 56.6 Å². The van der Waals surface area contributed by atoms with Crippen molar-refractivity contribution < 1.29 is 80.2 Å². The van der Waals surface area contributed by atoms with Crippen LogP contribution < -0.4 is 9.80 Å². The van der Waals surface area contributed by atoms with E-state index >= 15 is 0 Å². The van der Waals surface area contributed by atoms with E-state index in [1.165, 1.54) is 36.4 Å². The van der Waals surface area contributed by atoms with Gasteiger partial charge in [0.15, 0.2) is 44.6 Å². The van der Waals surface area contributed by atoms with Gasteiger partial charge in [-0.1, -0.05) is 70.7 Å². The number of rotatable bonds is 10. The number of hydrogen-bond acceptors (Lipinski definition) is 10. The zero-order valence-corrected chi connectivity index (χ0v) is 37.6. The van der Waals surface area contributed by atoms with Crippen LogP contribution in [0.3, 0.4) is 0 Å². The van der Waals surface area contributed by atoms with Gasteiger partial charge in [0.25, 0.3) is 0 Å². The normalized spacial score (nSPS) is 13.1. The lowest BCUT2D eigenvalue weighted by atomic mass is 10.1. The SMILES string of the molecule is CN(C(=O)OCc1ccc(COC(=O)N(C)c2c(S(=O)C(F)(F)F)c(C#N)nn2-c2c(Cl)cc(C(F)(F)F)cc2Cl)cc1)c1c(S(=O)C(F)(F)F)c(C#N)nn1-c1c(Cl)cc(C(F)(F)F)cc1Cl. The Bertz CT molecular complexity index is 2720. The number of anilines is 2. The van der Waals surface area contributed by atoms with Crippen LogP contribution >= 0.6 is 46.4 Å². The molecule has 0 aliphatic carbocycles. The Balaban J connectivity index is 1.39. The van der Waals surface area contributed by atoms with E-state index in [0.717, 1.165) is 14.1 Å². The number of carbonyl (C=O) groups is 2. The Morgan fingerprint density at radius 1 is 0.603 bits per heavy atom. The number of carbonyl (C=O) groups excluding carboxylic acids is 2. The number of ether oxygens (including phenoxy) is 2. The number of amides is 2. The van der Waals surface area contributed by atoms with Crippen molar-refractivity contribution in [2.75, 3.05) is 23.9 Å². The van der Waals surface area contributed by atoms with Crippen molar-refractivity contribution >= 4 is 91.8 Å². The average molecular weight is 1090 g/mol. The molecule has 2 heterocycles. The third kappa shape index (κ3) is 11.1. The number of aromatic nitrogens is 4. The highest BCUT2D eigenvalue weighted by molar-refractivity contribution is 7.86. The van der Waals surface area contributed by atoms with Gasteiger partial charge in [-0.05, 0) is 35.4 Å². The number of halogens is 16. The van der Waals surface area contributed by atoms with Gasteiger partial charge in [0.1, 0.15) is 46.5 Å². The summed E-state index contributed by atoms with van der Waals surface area (Å²) in [5, 5.41) is 22.9. The first-order valence-corrected chi connectivity index (χ1v) is 21.2. The summed E-state index contributed by atoms with van der Waals surface area (Å²) in [6.07, 6.45) is -13.1. The fourth-order valence-corrected chi connectivity index (χ4v) is 8.72. The summed E-state index contributed by atoms with van der Waals surface area (Å²) in [6.45, 7) is -1.41. The van der Waals surface area contributed by atoms with Gasteiger partial charge in [-0.25, -0.2) is 27.4 Å². The average Bonchev–Trinajstić information content (AvgIpc) is 3.80. The van der Waals surface area contributed by atoms with E-state index in [4.69, 9.17) is 55.9 Å². The van der Waals surface area contributed by atoms with E-state index < -0.39 is 146 Å². The molecule has 68 heavy (non-hydrogen) atoms. The molecule has 2 aromatic heterocycles. The van der Waals surface area contributed by atoms with Crippen LogP contribution in [0.4, 0.5) is 73.9 Å². The molecule has 0 aliphatic heterocycles. The number of benzene rings is 3. The number of nitriles is 2. The van der Waals surface area contributed by atoms with Gasteiger partial charge in [0.2, 0.25) is 0 Å². The zero-order valence-electron chi connectivity index (χ0n) is 32.9. The van der Waals surface area contributed by atoms with Crippen LogP contribution in [0.25, 0.3) is 11.4 Å². The lowest BCUT2D eigenvalue weighted by Crippen LogP contribution is -2.31. The number of nitrogens with zero attached hydrogens (tertiary/aromatic N) is 8. The molecule has 0 fully saturated rings. The predicted octanol–water partition coefficient (Wildman–Crippen LogP) is 11.3. The second kappa shape index (κ2) is 19.7. The van der Waals surface area contributed by atoms with Gasteiger partial charge in [-0.15, -0.1) is 0 Å². The summed E-state index contributed by atoms with van der Waals surface area (Å²) in [6, 6.07) is 8.74. The minimum Gasteiger partial charge on any atom is -0.444 e. The first kappa shape index (κ1) is 53.2. The maximum absolute atomic E-state index is 13.8. The van der Waals surface area contributed by atoms with Crippen molar-refractivity contribution in [3.8, 4) is 23.5 Å². The largest absolute Gasteiger partial charge is 0.476 e. The van der Waals surface area contributed by atoms with Gasteiger partial charge < -0.3 is 9.47 Å². The molecule has 0 saturated carbocycles. The molecule has 5 rings (SSSR count). The highest BCUT2D eigenvalue weighted by atomic mass is 35.5. The van der Waals surface area contributed by atoms with Gasteiger partial charge in [-0.3, -0.25) is 9.80 Å². The first-order valence-electron chi connectivity index (χ1n) is 17.4. The molecule has 0 radical (unpaired) electrons. The smallest absolute Gasteiger partial charge is 0.444 e. The zero-order chi connectivity index (χ0) is 51.2. The lowest BCUT2D eigenvalue weighted by Gasteiger charge is -2.22. The molecule has 5 aromatic rings. The highest BCUT2D eigenvalue weighted by Gasteiger charge is 2.46. The third-order valence-corrected chi connectivity index (χ3v) is 12.2. The number of alkyl halides is 12. The van der Waals surface area contributed by atoms with Crippen LogP contribution in [-0.4, -0.2) is 65.3 Å². The van der Waals surface area contributed by atoms with Gasteiger partial charge in [0.05, 0.1) is 31.2 Å². The van der Waals surface area contributed by atoms with E-state index in [1.54, 1.807) is 0 Å². The second-order valence-corrected chi connectivity index (χ2v) is 17.5. The Labute approximate surface area is 396 Å². The minimum absolute atomic E-state index is 0.107. The van der Waals surface area contributed by atoms with Crippen LogP contribution in [0, 0.1) is 22.7 Å². The quantitative estimate of drug-likeness (QED) is 0.122. The van der Waals surface area contributed by atoms with Crippen molar-refractivity contribution in [3.05, 3.63) is 102 Å². The Hall–Kier alpha value is -5.78. The molecular formula is C36H18Cl4F12N8O6S2. The van der Waals surface area contributed by atoms with Crippen molar-refractivity contribution in [2.45, 2.75) is 46.4 Å². The van der Waals surface area contributed by atoms with Crippen molar-refractivity contribution in [2.24, 2.45) is 0 Å². The monoisotopic (exact) mass is 1090 g/mol. The van der Waals surface area contributed by atoms with E-state index in [1.807, 2.05) is 0 Å². The van der Waals surface area contributed by atoms with Gasteiger partial charge in [-0.2, -0.15) is 73.4 Å². The Morgan fingerprint density at radius 2 is 0.882 bits per heavy atom. The summed E-state index contributed by atoms with van der Waals surface area (Å²) in [7, 11) is -6.70. The molecular weight excluding hydrogens is 1070 g/mol. The van der Waals surface area contributed by atoms with Crippen LogP contribution in [0.1, 0.15) is 33.6 Å². The maximum Gasteiger partial charge on any atom is 0.476 e. The standard InChI is InChI=1S/C36H18Cl4F12N8O6S2/c1-57(29-27(67(63)35(47,48)49)23(11-53)55-59(29)25-19(37)7-17(8-20(25)38)33(41,42)43)31(61)65-13-15-3-5-16(6-4-15)14-66-32(62)58(2)30-28(68(64)36(50,51)52)24(12-54)56-60(30)26-21(39)9-18(10-22(26)40)34(44,45)46/h3-10H,13-14H2,1-2H3. The van der Waals surface area contributed by atoms with Crippen molar-refractivity contribution in [1.82, 2.24) is 19.6 Å². The summed E-state index contributed by atoms with van der Waals surface area (Å²) < 4.78 is 200. The molecule has 2 atom stereocenters. The van der Waals surface area contributed by atoms with Crippen LogP contribution in [0.15, 0.2) is 58.3 Å². The molecule has 32 heteroatoms. The fourth-order valence-electron chi connectivity index (χ4n) is 5.66. The van der Waals surface area contributed by atoms with E-state index in [0.29, 0.717) is 33.6 Å². The highest BCUT2D eigenvalue weighted by Crippen LogP contribution is 2.44. The fraction of sp³-hybridized carbons (Fsp3) is 0.222. The van der Waals surface area contributed by atoms with Crippen LogP contribution in [0.2, 0.25) is 20.1 Å². The molecule has 0 bridgehead atoms. The Kier molecular flexibility index (Phi) is 15.4. The molecule has 14 nitrogen and oxygen atoms in total. The molecule has 3 aromatic carbocycles. The molecule has 0 aliphatic rings. The summed E-state index contributed by atoms with van der Waals surface area (Å²) in [5.41, 5.74) is -17.7. The molecule has 0 spiro atoms. The van der Waals surface area contributed by atoms with Gasteiger partial charge in [0, 0.05) is 14.1 Å². The summed E-state index contributed by atoms with van der Waals surface area (Å²) in [4.78, 5) is 24.3.